The molecule has 0 aliphatic heterocycles. The topological polar surface area (TPSA) is 68.0 Å². The van der Waals surface area contributed by atoms with Crippen LogP contribution in [0.5, 0.6) is 0 Å². The molecule has 0 aliphatic rings. The third kappa shape index (κ3) is 5.23. The Morgan fingerprint density at radius 2 is 2.31 bits per heavy atom. The van der Waals surface area contributed by atoms with E-state index in [-0.39, 0.29) is 5.91 Å². The number of hydrogen-bond donors (Lipinski definition) is 2. The number of carbonyl (C=O) groups is 1. The maximum absolute atomic E-state index is 11.4. The molecule has 0 atom stereocenters. The van der Waals surface area contributed by atoms with Crippen LogP contribution in [0.3, 0.4) is 0 Å². The van der Waals surface area contributed by atoms with E-state index in [1.54, 1.807) is 11.3 Å². The van der Waals surface area contributed by atoms with Crippen LogP contribution in [0.25, 0.3) is 0 Å². The molecule has 0 radical (unpaired) electrons. The number of nitrogens with two attached hydrogens (primary N) is 1. The Balaban J connectivity index is 2.10. The highest BCUT2D eigenvalue weighted by molar-refractivity contribution is 7.11. The maximum Gasteiger partial charge on any atom is 0.220 e. The zero-order valence-electron chi connectivity index (χ0n) is 9.66. The molecule has 1 amide bonds. The predicted molar refractivity (Wildman–Crippen MR) is 66.2 cm³/mol. The van der Waals surface area contributed by atoms with Crippen molar-refractivity contribution in [3.63, 3.8) is 0 Å². The monoisotopic (exact) mass is 241 g/mol. The van der Waals surface area contributed by atoms with Crippen LogP contribution >= 0.6 is 11.3 Å². The van der Waals surface area contributed by atoms with Gasteiger partial charge >= 0.3 is 0 Å². The van der Waals surface area contributed by atoms with Gasteiger partial charge < -0.3 is 11.1 Å². The molecule has 5 heteroatoms. The van der Waals surface area contributed by atoms with E-state index in [4.69, 9.17) is 5.73 Å². The van der Waals surface area contributed by atoms with Crippen LogP contribution in [0.1, 0.15) is 35.6 Å². The number of aryl methyl sites for hydroxylation is 1. The third-order valence-electron chi connectivity index (χ3n) is 2.21. The summed E-state index contributed by atoms with van der Waals surface area (Å²) in [6.45, 7) is 3.27. The van der Waals surface area contributed by atoms with Gasteiger partial charge in [-0.25, -0.2) is 4.98 Å². The normalized spacial score (nSPS) is 10.4. The average molecular weight is 241 g/mol. The lowest BCUT2D eigenvalue weighted by atomic mass is 10.2. The molecule has 16 heavy (non-hydrogen) atoms. The van der Waals surface area contributed by atoms with E-state index in [1.165, 1.54) is 4.88 Å². The van der Waals surface area contributed by atoms with Gasteiger partial charge in [-0.15, -0.1) is 11.3 Å². The molecule has 0 saturated carbocycles. The van der Waals surface area contributed by atoms with Crippen molar-refractivity contribution in [2.24, 2.45) is 5.73 Å². The molecule has 0 bridgehead atoms. The van der Waals surface area contributed by atoms with Crippen molar-refractivity contribution in [2.45, 2.75) is 39.2 Å². The SMILES string of the molecule is Cc1cnc(CNC(=O)CCCCCN)s1. The molecular weight excluding hydrogens is 222 g/mol. The van der Waals surface area contributed by atoms with Gasteiger partial charge in [0.25, 0.3) is 0 Å². The zero-order valence-corrected chi connectivity index (χ0v) is 10.5. The zero-order chi connectivity index (χ0) is 11.8. The molecular formula is C11H19N3OS. The van der Waals surface area contributed by atoms with Gasteiger partial charge in [0.1, 0.15) is 5.01 Å². The Bertz CT molecular complexity index is 325. The molecule has 0 aliphatic carbocycles. The fourth-order valence-electron chi connectivity index (χ4n) is 1.35. The van der Waals surface area contributed by atoms with Crippen LogP contribution in [0.4, 0.5) is 0 Å². The van der Waals surface area contributed by atoms with Gasteiger partial charge in [-0.05, 0) is 26.3 Å². The summed E-state index contributed by atoms with van der Waals surface area (Å²) in [5.41, 5.74) is 5.37. The number of aromatic nitrogens is 1. The Kier molecular flexibility index (Phi) is 6.03. The lowest BCUT2D eigenvalue weighted by Crippen LogP contribution is -2.22. The molecule has 0 saturated heterocycles. The van der Waals surface area contributed by atoms with E-state index in [1.807, 2.05) is 13.1 Å². The minimum Gasteiger partial charge on any atom is -0.350 e. The number of unbranched alkanes of at least 4 members (excludes halogenated alkanes) is 2. The Morgan fingerprint density at radius 1 is 1.50 bits per heavy atom. The van der Waals surface area contributed by atoms with Crippen LogP contribution in [-0.2, 0) is 11.3 Å². The van der Waals surface area contributed by atoms with Crippen LogP contribution in [0, 0.1) is 6.92 Å². The fourth-order valence-corrected chi connectivity index (χ4v) is 2.08. The second kappa shape index (κ2) is 7.35. The van der Waals surface area contributed by atoms with Crippen molar-refractivity contribution in [1.29, 1.82) is 0 Å². The minimum absolute atomic E-state index is 0.102. The van der Waals surface area contributed by atoms with Gasteiger partial charge in [-0.3, -0.25) is 4.79 Å². The molecule has 1 aromatic heterocycles. The molecule has 0 spiro atoms. The summed E-state index contributed by atoms with van der Waals surface area (Å²) in [6.07, 6.45) is 5.36. The predicted octanol–water partition coefficient (Wildman–Crippen LogP) is 1.59. The first kappa shape index (κ1) is 13.1. The van der Waals surface area contributed by atoms with Crippen LogP contribution in [0.2, 0.25) is 0 Å². The summed E-state index contributed by atoms with van der Waals surface area (Å²) in [6, 6.07) is 0. The number of carbonyl (C=O) groups excluding carboxylic acids is 1. The summed E-state index contributed by atoms with van der Waals surface area (Å²) in [5, 5.41) is 3.83. The summed E-state index contributed by atoms with van der Waals surface area (Å²) >= 11 is 1.62. The average Bonchev–Trinajstić information content (AvgIpc) is 2.68. The second-order valence-electron chi connectivity index (χ2n) is 3.74. The smallest absolute Gasteiger partial charge is 0.220 e. The molecule has 1 rings (SSSR count). The standard InChI is InChI=1S/C11H19N3OS/c1-9-7-14-11(16-9)8-13-10(15)5-3-2-4-6-12/h7H,2-6,8,12H2,1H3,(H,13,15). The first-order valence-corrected chi connectivity index (χ1v) is 6.42. The minimum atomic E-state index is 0.102. The maximum atomic E-state index is 11.4. The number of thiazole rings is 1. The van der Waals surface area contributed by atoms with Crippen molar-refractivity contribution >= 4 is 17.2 Å². The van der Waals surface area contributed by atoms with Crippen molar-refractivity contribution in [1.82, 2.24) is 10.3 Å². The largest absolute Gasteiger partial charge is 0.350 e. The van der Waals surface area contributed by atoms with Crippen molar-refractivity contribution in [3.05, 3.63) is 16.1 Å². The lowest BCUT2D eigenvalue weighted by Gasteiger charge is -2.02. The second-order valence-corrected chi connectivity index (χ2v) is 5.06. The molecule has 1 heterocycles. The van der Waals surface area contributed by atoms with E-state index in [9.17, 15) is 4.79 Å². The number of rotatable bonds is 7. The summed E-state index contributed by atoms with van der Waals surface area (Å²) in [4.78, 5) is 16.8. The Hall–Kier alpha value is -0.940. The Labute approximate surface area is 100 Å². The number of amides is 1. The van der Waals surface area contributed by atoms with E-state index in [0.717, 1.165) is 24.3 Å². The van der Waals surface area contributed by atoms with Gasteiger partial charge in [0.05, 0.1) is 6.54 Å². The lowest BCUT2D eigenvalue weighted by molar-refractivity contribution is -0.121. The van der Waals surface area contributed by atoms with Gasteiger partial charge in [-0.1, -0.05) is 6.42 Å². The molecule has 0 fully saturated rings. The van der Waals surface area contributed by atoms with Gasteiger partial charge in [-0.2, -0.15) is 0 Å². The highest BCUT2D eigenvalue weighted by Gasteiger charge is 2.03. The molecule has 4 nitrogen and oxygen atoms in total. The summed E-state index contributed by atoms with van der Waals surface area (Å²) in [7, 11) is 0. The van der Waals surface area contributed by atoms with Crippen LogP contribution < -0.4 is 11.1 Å². The highest BCUT2D eigenvalue weighted by Crippen LogP contribution is 2.10. The van der Waals surface area contributed by atoms with Crippen LogP contribution in [-0.4, -0.2) is 17.4 Å². The quantitative estimate of drug-likeness (QED) is 0.712. The van der Waals surface area contributed by atoms with Crippen molar-refractivity contribution in [3.8, 4) is 0 Å². The van der Waals surface area contributed by atoms with Crippen molar-refractivity contribution in [2.75, 3.05) is 6.54 Å². The van der Waals surface area contributed by atoms with Gasteiger partial charge in [0, 0.05) is 17.5 Å². The number of hydrogen-bond acceptors (Lipinski definition) is 4. The highest BCUT2D eigenvalue weighted by atomic mass is 32.1. The third-order valence-corrected chi connectivity index (χ3v) is 3.13. The van der Waals surface area contributed by atoms with Crippen LogP contribution in [0.15, 0.2) is 6.20 Å². The first-order valence-electron chi connectivity index (χ1n) is 5.60. The van der Waals surface area contributed by atoms with E-state index in [0.29, 0.717) is 19.5 Å². The van der Waals surface area contributed by atoms with Gasteiger partial charge in [0.2, 0.25) is 5.91 Å². The molecule has 1 aromatic rings. The first-order chi connectivity index (χ1) is 7.72. The fraction of sp³-hybridized carbons (Fsp3) is 0.636. The molecule has 0 aromatic carbocycles. The molecule has 0 unspecified atom stereocenters. The summed E-state index contributed by atoms with van der Waals surface area (Å²) in [5.74, 6) is 0.102. The molecule has 3 N–H and O–H groups in total. The number of nitrogens with one attached hydrogen (secondary N) is 1. The number of nitrogens with zero attached hydrogens (tertiary/aromatic N) is 1. The summed E-state index contributed by atoms with van der Waals surface area (Å²) < 4.78 is 0. The van der Waals surface area contributed by atoms with Crippen molar-refractivity contribution < 1.29 is 4.79 Å². The van der Waals surface area contributed by atoms with E-state index < -0.39 is 0 Å². The van der Waals surface area contributed by atoms with Gasteiger partial charge in [0.15, 0.2) is 0 Å². The Morgan fingerprint density at radius 3 is 2.94 bits per heavy atom. The van der Waals surface area contributed by atoms with E-state index >= 15 is 0 Å². The molecule has 90 valence electrons. The van der Waals surface area contributed by atoms with E-state index in [2.05, 4.69) is 10.3 Å².